The summed E-state index contributed by atoms with van der Waals surface area (Å²) < 4.78 is 13.4. The van der Waals surface area contributed by atoms with E-state index < -0.39 is 0 Å². The maximum atomic E-state index is 12.7. The first-order valence-corrected chi connectivity index (χ1v) is 6.25. The molecule has 0 unspecified atom stereocenters. The maximum absolute atomic E-state index is 12.7. The minimum atomic E-state index is -0.374. The van der Waals surface area contributed by atoms with Gasteiger partial charge in [-0.1, -0.05) is 11.6 Å². The van der Waals surface area contributed by atoms with E-state index >= 15 is 0 Å². The van der Waals surface area contributed by atoms with Crippen molar-refractivity contribution in [3.8, 4) is 0 Å². The molecule has 0 radical (unpaired) electrons. The lowest BCUT2D eigenvalue weighted by atomic mass is 10.2. The molecule has 0 spiro atoms. The third kappa shape index (κ3) is 3.09. The Morgan fingerprint density at radius 3 is 2.44 bits per heavy atom. The summed E-state index contributed by atoms with van der Waals surface area (Å²) in [6, 6.07) is 10.4. The lowest BCUT2D eigenvalue weighted by molar-refractivity contribution is 0.102. The molecule has 0 fully saturated rings. The number of carbonyl (C=O) groups excluding carboxylic acids is 1. The van der Waals surface area contributed by atoms with Crippen LogP contribution in [0.25, 0.3) is 0 Å². The topological polar surface area (TPSA) is 29.1 Å². The predicted octanol–water partition coefficient (Wildman–Crippen LogP) is 4.49. The Morgan fingerprint density at radius 2 is 1.83 bits per heavy atom. The molecule has 0 aromatic heterocycles. The van der Waals surface area contributed by atoms with Gasteiger partial charge in [0, 0.05) is 15.7 Å². The number of amides is 1. The number of halogens is 3. The summed E-state index contributed by atoms with van der Waals surface area (Å²) in [4.78, 5) is 11.8. The summed E-state index contributed by atoms with van der Waals surface area (Å²) in [7, 11) is 0. The van der Waals surface area contributed by atoms with Crippen LogP contribution in [0, 0.1) is 5.82 Å². The molecule has 2 aromatic rings. The number of anilines is 1. The van der Waals surface area contributed by atoms with Crippen LogP contribution < -0.4 is 5.32 Å². The number of hydrogen-bond donors (Lipinski definition) is 1. The van der Waals surface area contributed by atoms with Crippen LogP contribution in [0.2, 0.25) is 5.02 Å². The molecule has 0 aliphatic carbocycles. The lowest BCUT2D eigenvalue weighted by Gasteiger charge is -2.06. The second-order valence-corrected chi connectivity index (χ2v) is 4.85. The van der Waals surface area contributed by atoms with Crippen molar-refractivity contribution in [2.75, 3.05) is 5.32 Å². The first-order chi connectivity index (χ1) is 8.56. The molecule has 0 heterocycles. The van der Waals surface area contributed by atoms with E-state index in [0.717, 1.165) is 0 Å². The van der Waals surface area contributed by atoms with Gasteiger partial charge in [-0.05, 0) is 58.4 Å². The smallest absolute Gasteiger partial charge is 0.255 e. The molecule has 0 bridgehead atoms. The van der Waals surface area contributed by atoms with E-state index in [2.05, 4.69) is 21.2 Å². The molecule has 0 saturated carbocycles. The standard InChI is InChI=1S/C13H8BrClFNO/c14-11-7-10(5-6-12(11)15)17-13(18)8-1-3-9(16)4-2-8/h1-7H,(H,17,18). The predicted molar refractivity (Wildman–Crippen MR) is 73.5 cm³/mol. The molecule has 92 valence electrons. The van der Waals surface area contributed by atoms with Crippen LogP contribution in [-0.4, -0.2) is 5.91 Å². The Kier molecular flexibility index (Phi) is 3.99. The van der Waals surface area contributed by atoms with Gasteiger partial charge in [-0.25, -0.2) is 4.39 Å². The molecular weight excluding hydrogens is 321 g/mol. The van der Waals surface area contributed by atoms with Crippen molar-refractivity contribution in [2.24, 2.45) is 0 Å². The minimum Gasteiger partial charge on any atom is -0.322 e. The third-order valence-electron chi connectivity index (χ3n) is 2.28. The number of rotatable bonds is 2. The van der Waals surface area contributed by atoms with Gasteiger partial charge < -0.3 is 5.32 Å². The average molecular weight is 329 g/mol. The number of hydrogen-bond acceptors (Lipinski definition) is 1. The molecule has 2 rings (SSSR count). The highest BCUT2D eigenvalue weighted by Gasteiger charge is 2.07. The summed E-state index contributed by atoms with van der Waals surface area (Å²) in [6.45, 7) is 0. The van der Waals surface area contributed by atoms with E-state index in [1.807, 2.05) is 0 Å². The van der Waals surface area contributed by atoms with Crippen LogP contribution in [-0.2, 0) is 0 Å². The van der Waals surface area contributed by atoms with Crippen molar-refractivity contribution < 1.29 is 9.18 Å². The fraction of sp³-hybridized carbons (Fsp3) is 0. The number of nitrogens with one attached hydrogen (secondary N) is 1. The average Bonchev–Trinajstić information content (AvgIpc) is 2.34. The van der Waals surface area contributed by atoms with Gasteiger partial charge in [0.2, 0.25) is 0 Å². The molecule has 5 heteroatoms. The number of carbonyl (C=O) groups is 1. The van der Waals surface area contributed by atoms with Gasteiger partial charge in [0.25, 0.3) is 5.91 Å². The van der Waals surface area contributed by atoms with Crippen LogP contribution in [0.3, 0.4) is 0 Å². The fourth-order valence-electron chi connectivity index (χ4n) is 1.38. The summed E-state index contributed by atoms with van der Waals surface area (Å²) in [5.74, 6) is -0.676. The van der Waals surface area contributed by atoms with E-state index in [1.54, 1.807) is 18.2 Å². The van der Waals surface area contributed by atoms with Crippen molar-refractivity contribution >= 4 is 39.1 Å². The molecule has 1 N–H and O–H groups in total. The van der Waals surface area contributed by atoms with Crippen LogP contribution in [0.15, 0.2) is 46.9 Å². The first kappa shape index (κ1) is 13.1. The van der Waals surface area contributed by atoms with Gasteiger partial charge in [0.05, 0.1) is 5.02 Å². The minimum absolute atomic E-state index is 0.302. The lowest BCUT2D eigenvalue weighted by Crippen LogP contribution is -2.11. The van der Waals surface area contributed by atoms with E-state index in [9.17, 15) is 9.18 Å². The van der Waals surface area contributed by atoms with Gasteiger partial charge in [0.1, 0.15) is 5.82 Å². The Morgan fingerprint density at radius 1 is 1.17 bits per heavy atom. The largest absolute Gasteiger partial charge is 0.322 e. The van der Waals surface area contributed by atoms with Crippen LogP contribution in [0.1, 0.15) is 10.4 Å². The van der Waals surface area contributed by atoms with E-state index in [1.165, 1.54) is 24.3 Å². The van der Waals surface area contributed by atoms with Crippen LogP contribution in [0.4, 0.5) is 10.1 Å². The molecule has 18 heavy (non-hydrogen) atoms. The summed E-state index contributed by atoms with van der Waals surface area (Å²) >= 11 is 9.12. The SMILES string of the molecule is O=C(Nc1ccc(Cl)c(Br)c1)c1ccc(F)cc1. The zero-order valence-electron chi connectivity index (χ0n) is 9.08. The highest BCUT2D eigenvalue weighted by Crippen LogP contribution is 2.25. The molecule has 0 atom stereocenters. The Balaban J connectivity index is 2.16. The molecule has 2 nitrogen and oxygen atoms in total. The van der Waals surface area contributed by atoms with Gasteiger partial charge in [-0.2, -0.15) is 0 Å². The molecule has 0 aliphatic rings. The second-order valence-electron chi connectivity index (χ2n) is 3.59. The van der Waals surface area contributed by atoms with E-state index in [0.29, 0.717) is 20.7 Å². The quantitative estimate of drug-likeness (QED) is 0.864. The van der Waals surface area contributed by atoms with Gasteiger partial charge in [-0.3, -0.25) is 4.79 Å². The zero-order chi connectivity index (χ0) is 13.1. The van der Waals surface area contributed by atoms with Gasteiger partial charge in [-0.15, -0.1) is 0 Å². The normalized spacial score (nSPS) is 10.2. The van der Waals surface area contributed by atoms with Crippen molar-refractivity contribution in [1.82, 2.24) is 0 Å². The first-order valence-electron chi connectivity index (χ1n) is 5.08. The van der Waals surface area contributed by atoms with E-state index in [4.69, 9.17) is 11.6 Å². The summed E-state index contributed by atoms with van der Waals surface area (Å²) in [5.41, 5.74) is 1.00. The molecule has 2 aromatic carbocycles. The van der Waals surface area contributed by atoms with Crippen molar-refractivity contribution in [1.29, 1.82) is 0 Å². The third-order valence-corrected chi connectivity index (χ3v) is 3.50. The Bertz CT molecular complexity index is 586. The van der Waals surface area contributed by atoms with Crippen molar-refractivity contribution in [3.63, 3.8) is 0 Å². The zero-order valence-corrected chi connectivity index (χ0v) is 11.4. The Hall–Kier alpha value is -1.39. The van der Waals surface area contributed by atoms with Crippen molar-refractivity contribution in [2.45, 2.75) is 0 Å². The molecule has 1 amide bonds. The number of benzene rings is 2. The summed E-state index contributed by atoms with van der Waals surface area (Å²) in [5, 5.41) is 3.26. The highest BCUT2D eigenvalue weighted by atomic mass is 79.9. The van der Waals surface area contributed by atoms with Crippen LogP contribution >= 0.6 is 27.5 Å². The molecule has 0 saturated heterocycles. The Labute approximate surface area is 117 Å². The van der Waals surface area contributed by atoms with Gasteiger partial charge >= 0.3 is 0 Å². The molecule has 0 aliphatic heterocycles. The molecular formula is C13H8BrClFNO. The summed E-state index contributed by atoms with van der Waals surface area (Å²) in [6.07, 6.45) is 0. The fourth-order valence-corrected chi connectivity index (χ4v) is 1.87. The van der Waals surface area contributed by atoms with Crippen LogP contribution in [0.5, 0.6) is 0 Å². The monoisotopic (exact) mass is 327 g/mol. The highest BCUT2D eigenvalue weighted by molar-refractivity contribution is 9.10. The van der Waals surface area contributed by atoms with E-state index in [-0.39, 0.29) is 11.7 Å². The van der Waals surface area contributed by atoms with Gasteiger partial charge in [0.15, 0.2) is 0 Å². The van der Waals surface area contributed by atoms with Crippen molar-refractivity contribution in [3.05, 3.63) is 63.3 Å². The second kappa shape index (κ2) is 5.50. The maximum Gasteiger partial charge on any atom is 0.255 e.